The monoisotopic (exact) mass is 272 g/mol. The summed E-state index contributed by atoms with van der Waals surface area (Å²) in [5, 5.41) is 3.29. The maximum absolute atomic E-state index is 5.77. The molecule has 1 aliphatic rings. The second-order valence-corrected chi connectivity index (χ2v) is 6.08. The number of thiazole rings is 1. The predicted molar refractivity (Wildman–Crippen MR) is 74.6 cm³/mol. The van der Waals surface area contributed by atoms with E-state index in [9.17, 15) is 0 Å². The summed E-state index contributed by atoms with van der Waals surface area (Å²) in [6, 6.07) is 0. The maximum Gasteiger partial charge on any atom is 0.107 e. The van der Waals surface area contributed by atoms with Gasteiger partial charge < -0.3 is 0 Å². The van der Waals surface area contributed by atoms with Crippen LogP contribution in [0, 0.1) is 5.92 Å². The molecule has 1 aromatic heterocycles. The van der Waals surface area contributed by atoms with Gasteiger partial charge in [-0.3, -0.25) is 4.90 Å². The molecule has 1 saturated heterocycles. The lowest BCUT2D eigenvalue weighted by atomic mass is 9.92. The molecule has 0 N–H and O–H groups in total. The lowest BCUT2D eigenvalue weighted by molar-refractivity contribution is 0.171. The van der Waals surface area contributed by atoms with Crippen molar-refractivity contribution >= 4 is 22.9 Å². The van der Waals surface area contributed by atoms with Crippen molar-refractivity contribution in [3.8, 4) is 0 Å². The van der Waals surface area contributed by atoms with Crippen LogP contribution in [0.5, 0.6) is 0 Å². The molecule has 0 spiro atoms. The van der Waals surface area contributed by atoms with Gasteiger partial charge in [-0.2, -0.15) is 0 Å². The lowest BCUT2D eigenvalue weighted by Crippen LogP contribution is -2.33. The van der Waals surface area contributed by atoms with Gasteiger partial charge in [-0.1, -0.05) is 19.8 Å². The normalized spacial score (nSPS) is 18.7. The highest BCUT2D eigenvalue weighted by Gasteiger charge is 2.19. The van der Waals surface area contributed by atoms with Crippen LogP contribution < -0.4 is 0 Å². The van der Waals surface area contributed by atoms with Crippen molar-refractivity contribution in [3.63, 3.8) is 0 Å². The molecule has 2 heterocycles. The van der Waals surface area contributed by atoms with Crippen molar-refractivity contribution in [2.75, 3.05) is 13.1 Å². The molecule has 0 bridgehead atoms. The summed E-state index contributed by atoms with van der Waals surface area (Å²) in [4.78, 5) is 7.05. The Balaban J connectivity index is 1.77. The van der Waals surface area contributed by atoms with E-state index in [1.54, 1.807) is 11.3 Å². The number of hydrogen-bond donors (Lipinski definition) is 0. The Labute approximate surface area is 113 Å². The third-order valence-corrected chi connectivity index (χ3v) is 4.66. The minimum atomic E-state index is 0.537. The van der Waals surface area contributed by atoms with Crippen molar-refractivity contribution < 1.29 is 0 Å². The SMILES string of the molecule is CCCC1CCN(Cc2nc(CCl)cs2)CC1. The summed E-state index contributed by atoms with van der Waals surface area (Å²) in [5.74, 6) is 1.50. The third-order valence-electron chi connectivity index (χ3n) is 3.50. The molecular weight excluding hydrogens is 252 g/mol. The summed E-state index contributed by atoms with van der Waals surface area (Å²) in [6.45, 7) is 5.77. The van der Waals surface area contributed by atoms with Crippen molar-refractivity contribution in [2.45, 2.75) is 45.0 Å². The van der Waals surface area contributed by atoms with Crippen molar-refractivity contribution in [1.82, 2.24) is 9.88 Å². The zero-order valence-electron chi connectivity index (χ0n) is 10.5. The molecule has 2 nitrogen and oxygen atoms in total. The first-order valence-corrected chi connectivity index (χ1v) is 7.94. The van der Waals surface area contributed by atoms with Gasteiger partial charge in [0.05, 0.1) is 18.1 Å². The highest BCUT2D eigenvalue weighted by atomic mass is 35.5. The summed E-state index contributed by atoms with van der Waals surface area (Å²) in [6.07, 6.45) is 5.46. The van der Waals surface area contributed by atoms with Gasteiger partial charge in [-0.25, -0.2) is 4.98 Å². The fourth-order valence-corrected chi connectivity index (χ4v) is 3.58. The number of likely N-dealkylation sites (tertiary alicyclic amines) is 1. The van der Waals surface area contributed by atoms with E-state index in [0.29, 0.717) is 5.88 Å². The molecule has 0 amide bonds. The number of nitrogens with zero attached hydrogens (tertiary/aromatic N) is 2. The second-order valence-electron chi connectivity index (χ2n) is 4.87. The van der Waals surface area contributed by atoms with Crippen LogP contribution in [-0.4, -0.2) is 23.0 Å². The Hall–Kier alpha value is -0.120. The summed E-state index contributed by atoms with van der Waals surface area (Å²) in [7, 11) is 0. The first-order valence-electron chi connectivity index (χ1n) is 6.53. The van der Waals surface area contributed by atoms with E-state index in [1.165, 1.54) is 43.8 Å². The molecule has 1 aromatic rings. The largest absolute Gasteiger partial charge is 0.297 e. The molecule has 0 aliphatic carbocycles. The van der Waals surface area contributed by atoms with Crippen LogP contribution in [0.2, 0.25) is 0 Å². The zero-order valence-corrected chi connectivity index (χ0v) is 12.1. The molecule has 1 fully saturated rings. The fraction of sp³-hybridized carbons (Fsp3) is 0.769. The highest BCUT2D eigenvalue weighted by Crippen LogP contribution is 2.23. The van der Waals surface area contributed by atoms with E-state index in [0.717, 1.165) is 18.2 Å². The van der Waals surface area contributed by atoms with Crippen LogP contribution in [-0.2, 0) is 12.4 Å². The average molecular weight is 273 g/mol. The van der Waals surface area contributed by atoms with Gasteiger partial charge in [0, 0.05) is 5.38 Å². The molecule has 17 heavy (non-hydrogen) atoms. The molecular formula is C13H21ClN2S. The minimum Gasteiger partial charge on any atom is -0.297 e. The summed E-state index contributed by atoms with van der Waals surface area (Å²) < 4.78 is 0. The molecule has 96 valence electrons. The molecule has 0 saturated carbocycles. The standard InChI is InChI=1S/C13H21ClN2S/c1-2-3-11-4-6-16(7-5-11)9-13-15-12(8-14)10-17-13/h10-11H,2-9H2,1H3. The Morgan fingerprint density at radius 1 is 1.47 bits per heavy atom. The molecule has 0 radical (unpaired) electrons. The molecule has 0 aromatic carbocycles. The van der Waals surface area contributed by atoms with Gasteiger partial charge in [0.25, 0.3) is 0 Å². The predicted octanol–water partition coefficient (Wildman–Crippen LogP) is 3.89. The number of alkyl halides is 1. The van der Waals surface area contributed by atoms with Crippen molar-refractivity contribution in [1.29, 1.82) is 0 Å². The quantitative estimate of drug-likeness (QED) is 0.756. The number of rotatable bonds is 5. The van der Waals surface area contributed by atoms with Gasteiger partial charge in [0.15, 0.2) is 0 Å². The molecule has 2 rings (SSSR count). The Kier molecular flexibility index (Phi) is 5.26. The summed E-state index contributed by atoms with van der Waals surface area (Å²) in [5.41, 5.74) is 1.02. The number of halogens is 1. The number of hydrogen-bond acceptors (Lipinski definition) is 3. The van der Waals surface area contributed by atoms with Crippen molar-refractivity contribution in [2.24, 2.45) is 5.92 Å². The van der Waals surface area contributed by atoms with Gasteiger partial charge >= 0.3 is 0 Å². The fourth-order valence-electron chi connectivity index (χ4n) is 2.52. The Bertz CT molecular complexity index is 332. The average Bonchev–Trinajstić information content (AvgIpc) is 2.80. The van der Waals surface area contributed by atoms with Crippen LogP contribution in [0.25, 0.3) is 0 Å². The first kappa shape index (κ1) is 13.3. The molecule has 0 unspecified atom stereocenters. The van der Waals surface area contributed by atoms with Gasteiger partial charge in [0.1, 0.15) is 5.01 Å². The van der Waals surface area contributed by atoms with Gasteiger partial charge in [-0.15, -0.1) is 22.9 Å². The lowest BCUT2D eigenvalue weighted by Gasteiger charge is -2.31. The van der Waals surface area contributed by atoms with Crippen LogP contribution in [0.1, 0.15) is 43.3 Å². The van der Waals surface area contributed by atoms with E-state index in [4.69, 9.17) is 11.6 Å². The molecule has 0 atom stereocenters. The topological polar surface area (TPSA) is 16.1 Å². The third kappa shape index (κ3) is 3.94. The van der Waals surface area contributed by atoms with Crippen LogP contribution in [0.4, 0.5) is 0 Å². The number of piperidine rings is 1. The number of aromatic nitrogens is 1. The van der Waals surface area contributed by atoms with E-state index in [-0.39, 0.29) is 0 Å². The van der Waals surface area contributed by atoms with Crippen LogP contribution in [0.3, 0.4) is 0 Å². The van der Waals surface area contributed by atoms with Crippen LogP contribution in [0.15, 0.2) is 5.38 Å². The minimum absolute atomic E-state index is 0.537. The Morgan fingerprint density at radius 3 is 2.82 bits per heavy atom. The van der Waals surface area contributed by atoms with Crippen molar-refractivity contribution in [3.05, 3.63) is 16.1 Å². The van der Waals surface area contributed by atoms with Crippen LogP contribution >= 0.6 is 22.9 Å². The first-order chi connectivity index (χ1) is 8.31. The van der Waals surface area contributed by atoms with E-state index >= 15 is 0 Å². The highest BCUT2D eigenvalue weighted by molar-refractivity contribution is 7.09. The van der Waals surface area contributed by atoms with Gasteiger partial charge in [-0.05, 0) is 31.8 Å². The summed E-state index contributed by atoms with van der Waals surface area (Å²) >= 11 is 7.51. The molecule has 1 aliphatic heterocycles. The van der Waals surface area contributed by atoms with E-state index < -0.39 is 0 Å². The Morgan fingerprint density at radius 2 is 2.24 bits per heavy atom. The van der Waals surface area contributed by atoms with E-state index in [2.05, 4.69) is 22.2 Å². The second kappa shape index (κ2) is 6.72. The smallest absolute Gasteiger partial charge is 0.107 e. The maximum atomic E-state index is 5.77. The van der Waals surface area contributed by atoms with E-state index in [1.807, 2.05) is 0 Å². The van der Waals surface area contributed by atoms with Gasteiger partial charge in [0.2, 0.25) is 0 Å². The molecule has 4 heteroatoms. The zero-order chi connectivity index (χ0) is 12.1.